The fraction of sp³-hybridized carbons (Fsp3) is 0.455. The summed E-state index contributed by atoms with van der Waals surface area (Å²) in [4.78, 5) is 27.8. The number of aromatic nitrogens is 1. The number of pyridine rings is 1. The van der Waals surface area contributed by atoms with Crippen LogP contribution in [-0.2, 0) is 0 Å². The Hall–Kier alpha value is -1.73. The van der Waals surface area contributed by atoms with Crippen LogP contribution in [0.25, 0.3) is 0 Å². The Morgan fingerprint density at radius 2 is 2.42 bits per heavy atom. The van der Waals surface area contributed by atoms with Crippen LogP contribution in [0.2, 0.25) is 5.15 Å². The van der Waals surface area contributed by atoms with E-state index in [2.05, 4.69) is 10.3 Å². The molecule has 1 fully saturated rings. The Kier molecular flexibility index (Phi) is 3.96. The van der Waals surface area contributed by atoms with E-state index < -0.39 is 10.8 Å². The highest BCUT2D eigenvalue weighted by atomic mass is 35.5. The molecule has 7 nitrogen and oxygen atoms in total. The van der Waals surface area contributed by atoms with Crippen molar-refractivity contribution in [1.29, 1.82) is 0 Å². The molecule has 1 aliphatic heterocycles. The highest BCUT2D eigenvalue weighted by Gasteiger charge is 2.29. The molecule has 0 saturated carbocycles. The van der Waals surface area contributed by atoms with Crippen LogP contribution in [0.4, 0.5) is 5.69 Å². The maximum absolute atomic E-state index is 12.3. The van der Waals surface area contributed by atoms with Gasteiger partial charge in [-0.3, -0.25) is 14.9 Å². The molecule has 19 heavy (non-hydrogen) atoms. The van der Waals surface area contributed by atoms with Crippen LogP contribution in [0.3, 0.4) is 0 Å². The third kappa shape index (κ3) is 2.82. The van der Waals surface area contributed by atoms with Crippen LogP contribution in [0.5, 0.6) is 0 Å². The van der Waals surface area contributed by atoms with Gasteiger partial charge in [-0.15, -0.1) is 0 Å². The van der Waals surface area contributed by atoms with Gasteiger partial charge in [-0.1, -0.05) is 11.6 Å². The number of halogens is 1. The summed E-state index contributed by atoms with van der Waals surface area (Å²) in [6.07, 6.45) is 1.84. The predicted octanol–water partition coefficient (Wildman–Crippen LogP) is 1.08. The van der Waals surface area contributed by atoms with Crippen LogP contribution >= 0.6 is 11.6 Å². The summed E-state index contributed by atoms with van der Waals surface area (Å²) in [7, 11) is 1.64. The van der Waals surface area contributed by atoms with E-state index in [1.54, 1.807) is 7.05 Å². The molecule has 0 radical (unpaired) electrons. The smallest absolute Gasteiger partial charge is 0.300 e. The van der Waals surface area contributed by atoms with E-state index in [-0.39, 0.29) is 22.4 Å². The van der Waals surface area contributed by atoms with Crippen LogP contribution in [0.1, 0.15) is 16.8 Å². The average Bonchev–Trinajstić information content (AvgIpc) is 2.90. The molecule has 0 aromatic carbocycles. The molecule has 2 rings (SSSR count). The van der Waals surface area contributed by atoms with Crippen LogP contribution in [0.15, 0.2) is 12.3 Å². The Morgan fingerprint density at radius 1 is 1.68 bits per heavy atom. The van der Waals surface area contributed by atoms with Crippen LogP contribution < -0.4 is 5.32 Å². The van der Waals surface area contributed by atoms with Gasteiger partial charge in [0.05, 0.1) is 4.92 Å². The number of nitrogens with zero attached hydrogens (tertiary/aromatic N) is 3. The molecule has 0 bridgehead atoms. The molecule has 8 heteroatoms. The van der Waals surface area contributed by atoms with Crippen molar-refractivity contribution in [2.45, 2.75) is 12.5 Å². The predicted molar refractivity (Wildman–Crippen MR) is 69.3 cm³/mol. The molecule has 1 aromatic rings. The summed E-state index contributed by atoms with van der Waals surface area (Å²) in [5, 5.41) is 14.1. The monoisotopic (exact) mass is 284 g/mol. The highest BCUT2D eigenvalue weighted by Crippen LogP contribution is 2.23. The van der Waals surface area contributed by atoms with Crippen molar-refractivity contribution in [2.75, 3.05) is 20.1 Å². The molecule has 1 aromatic heterocycles. The second-order valence-electron chi connectivity index (χ2n) is 4.34. The van der Waals surface area contributed by atoms with Gasteiger partial charge in [0.1, 0.15) is 16.9 Å². The van der Waals surface area contributed by atoms with E-state index in [1.165, 1.54) is 11.0 Å². The molecule has 1 saturated heterocycles. The zero-order chi connectivity index (χ0) is 14.0. The van der Waals surface area contributed by atoms with Gasteiger partial charge in [-0.25, -0.2) is 4.98 Å². The van der Waals surface area contributed by atoms with Crippen molar-refractivity contribution < 1.29 is 9.72 Å². The molecule has 1 N–H and O–H groups in total. The lowest BCUT2D eigenvalue weighted by Crippen LogP contribution is -2.38. The minimum atomic E-state index is -0.628. The zero-order valence-electron chi connectivity index (χ0n) is 10.3. The number of rotatable bonds is 3. The summed E-state index contributed by atoms with van der Waals surface area (Å²) >= 11 is 5.71. The quantitative estimate of drug-likeness (QED) is 0.510. The van der Waals surface area contributed by atoms with Gasteiger partial charge in [0, 0.05) is 19.6 Å². The standard InChI is InChI=1S/C11H13ClN4O3/c1-15(7-2-3-13-5-7)11(17)8-4-10(12)14-6-9(8)16(18)19/h4,6-7,13H,2-3,5H2,1H3. The van der Waals surface area contributed by atoms with Gasteiger partial charge in [0.15, 0.2) is 0 Å². The first-order valence-electron chi connectivity index (χ1n) is 5.78. The molecule has 102 valence electrons. The minimum Gasteiger partial charge on any atom is -0.337 e. The first-order chi connectivity index (χ1) is 9.00. The summed E-state index contributed by atoms with van der Waals surface area (Å²) < 4.78 is 0. The second-order valence-corrected chi connectivity index (χ2v) is 4.73. The number of amides is 1. The lowest BCUT2D eigenvalue weighted by molar-refractivity contribution is -0.385. The SMILES string of the molecule is CN(C(=O)c1cc(Cl)ncc1[N+](=O)[O-])C1CCNC1. The number of hydrogen-bond acceptors (Lipinski definition) is 5. The molecular weight excluding hydrogens is 272 g/mol. The van der Waals surface area contributed by atoms with Gasteiger partial charge in [0.2, 0.25) is 0 Å². The van der Waals surface area contributed by atoms with Gasteiger partial charge in [0.25, 0.3) is 11.6 Å². The van der Waals surface area contributed by atoms with E-state index >= 15 is 0 Å². The first-order valence-corrected chi connectivity index (χ1v) is 6.16. The highest BCUT2D eigenvalue weighted by molar-refractivity contribution is 6.29. The summed E-state index contributed by atoms with van der Waals surface area (Å²) in [5.74, 6) is -0.412. The molecular formula is C11H13ClN4O3. The lowest BCUT2D eigenvalue weighted by atomic mass is 10.1. The van der Waals surface area contributed by atoms with Gasteiger partial charge >= 0.3 is 0 Å². The number of likely N-dealkylation sites (N-methyl/N-ethyl adjacent to an activating group) is 1. The van der Waals surface area contributed by atoms with Crippen molar-refractivity contribution in [3.8, 4) is 0 Å². The van der Waals surface area contributed by atoms with Crippen molar-refractivity contribution in [2.24, 2.45) is 0 Å². The minimum absolute atomic E-state index is 0.0283. The van der Waals surface area contributed by atoms with Gasteiger partial charge in [-0.2, -0.15) is 0 Å². The lowest BCUT2D eigenvalue weighted by Gasteiger charge is -2.23. The van der Waals surface area contributed by atoms with E-state index in [4.69, 9.17) is 11.6 Å². The number of nitro groups is 1. The van der Waals surface area contributed by atoms with E-state index in [0.717, 1.165) is 19.2 Å². The Bertz CT molecular complexity index is 517. The summed E-state index contributed by atoms with van der Waals surface area (Å²) in [5.41, 5.74) is -0.355. The van der Waals surface area contributed by atoms with Crippen molar-refractivity contribution in [1.82, 2.24) is 15.2 Å². The molecule has 2 heterocycles. The van der Waals surface area contributed by atoms with E-state index in [1.807, 2.05) is 0 Å². The van der Waals surface area contributed by atoms with Gasteiger partial charge < -0.3 is 10.2 Å². The second kappa shape index (κ2) is 5.50. The molecule has 1 amide bonds. The fourth-order valence-electron chi connectivity index (χ4n) is 2.07. The van der Waals surface area contributed by atoms with E-state index in [9.17, 15) is 14.9 Å². The number of nitrogens with one attached hydrogen (secondary N) is 1. The molecule has 1 atom stereocenters. The molecule has 1 unspecified atom stereocenters. The molecule has 1 aliphatic rings. The van der Waals surface area contributed by atoms with Crippen LogP contribution in [0, 0.1) is 10.1 Å². The largest absolute Gasteiger partial charge is 0.337 e. The van der Waals surface area contributed by atoms with Crippen molar-refractivity contribution in [3.05, 3.63) is 33.1 Å². The van der Waals surface area contributed by atoms with Crippen molar-refractivity contribution >= 4 is 23.2 Å². The van der Waals surface area contributed by atoms with Crippen molar-refractivity contribution in [3.63, 3.8) is 0 Å². The van der Waals surface area contributed by atoms with Crippen LogP contribution in [-0.4, -0.2) is 46.9 Å². The molecule has 0 spiro atoms. The fourth-order valence-corrected chi connectivity index (χ4v) is 2.22. The number of carbonyl (C=O) groups excluding carboxylic acids is 1. The number of hydrogen-bond donors (Lipinski definition) is 1. The maximum Gasteiger partial charge on any atom is 0.300 e. The molecule has 0 aliphatic carbocycles. The number of carbonyl (C=O) groups is 1. The maximum atomic E-state index is 12.3. The Morgan fingerprint density at radius 3 is 3.00 bits per heavy atom. The average molecular weight is 285 g/mol. The first kappa shape index (κ1) is 13.7. The Labute approximate surface area is 114 Å². The third-order valence-electron chi connectivity index (χ3n) is 3.18. The van der Waals surface area contributed by atoms with Gasteiger partial charge in [-0.05, 0) is 19.0 Å². The zero-order valence-corrected chi connectivity index (χ0v) is 11.1. The van der Waals surface area contributed by atoms with E-state index in [0.29, 0.717) is 6.54 Å². The third-order valence-corrected chi connectivity index (χ3v) is 3.39. The summed E-state index contributed by atoms with van der Waals surface area (Å²) in [6, 6.07) is 1.28. The topological polar surface area (TPSA) is 88.4 Å². The summed E-state index contributed by atoms with van der Waals surface area (Å²) in [6.45, 7) is 1.52. The Balaban J connectivity index is 2.31. The normalized spacial score (nSPS) is 18.3.